The highest BCUT2D eigenvalue weighted by Crippen LogP contribution is 2.27. The fraction of sp³-hybridized carbons (Fsp3) is 0.143. The topological polar surface area (TPSA) is 69.4 Å². The van der Waals surface area contributed by atoms with E-state index in [9.17, 15) is 4.79 Å². The van der Waals surface area contributed by atoms with Crippen molar-refractivity contribution in [2.75, 3.05) is 12.9 Å². The van der Waals surface area contributed by atoms with Gasteiger partial charge >= 0.3 is 5.97 Å². The maximum atomic E-state index is 11.4. The van der Waals surface area contributed by atoms with E-state index in [2.05, 4.69) is 51.0 Å². The van der Waals surface area contributed by atoms with E-state index in [4.69, 9.17) is 0 Å². The SMILES string of the molecule is COC(=O)CSc1nc2nc(-c3ccccc3)cc(-c3ccc(C)cc3)n2n1. The molecular weight excluding hydrogens is 372 g/mol. The van der Waals surface area contributed by atoms with E-state index in [1.54, 1.807) is 4.52 Å². The molecule has 0 saturated heterocycles. The highest BCUT2D eigenvalue weighted by Gasteiger charge is 2.15. The number of thioether (sulfide) groups is 1. The average molecular weight is 390 g/mol. The Hall–Kier alpha value is -3.19. The van der Waals surface area contributed by atoms with Crippen LogP contribution in [0.1, 0.15) is 5.56 Å². The first kappa shape index (κ1) is 18.2. The molecule has 0 radical (unpaired) electrons. The smallest absolute Gasteiger partial charge is 0.316 e. The predicted molar refractivity (Wildman–Crippen MR) is 109 cm³/mol. The average Bonchev–Trinajstić information content (AvgIpc) is 3.15. The molecule has 4 aromatic rings. The summed E-state index contributed by atoms with van der Waals surface area (Å²) in [6, 6.07) is 20.2. The molecule has 28 heavy (non-hydrogen) atoms. The molecule has 4 rings (SSSR count). The monoisotopic (exact) mass is 390 g/mol. The standard InChI is InChI=1S/C21H18N4O2S/c1-14-8-10-16(11-9-14)18-12-17(15-6-4-3-5-7-15)22-20-23-21(24-25(18)20)28-13-19(26)27-2/h3-12H,13H2,1-2H3. The normalized spacial score (nSPS) is 10.9. The van der Waals surface area contributed by atoms with Crippen LogP contribution in [0.5, 0.6) is 0 Å². The lowest BCUT2D eigenvalue weighted by atomic mass is 10.1. The van der Waals surface area contributed by atoms with Crippen molar-refractivity contribution in [1.82, 2.24) is 19.6 Å². The van der Waals surface area contributed by atoms with E-state index >= 15 is 0 Å². The Kier molecular flexibility index (Phi) is 5.08. The molecule has 0 saturated carbocycles. The predicted octanol–water partition coefficient (Wildman–Crippen LogP) is 4.03. The molecule has 0 atom stereocenters. The zero-order valence-electron chi connectivity index (χ0n) is 15.5. The summed E-state index contributed by atoms with van der Waals surface area (Å²) in [5.41, 5.74) is 4.92. The number of rotatable bonds is 5. The minimum absolute atomic E-state index is 0.152. The highest BCUT2D eigenvalue weighted by molar-refractivity contribution is 7.99. The van der Waals surface area contributed by atoms with Gasteiger partial charge in [-0.05, 0) is 13.0 Å². The Labute approximate surface area is 166 Å². The second-order valence-corrected chi connectivity index (χ2v) is 7.17. The second-order valence-electron chi connectivity index (χ2n) is 6.23. The molecule has 6 nitrogen and oxygen atoms in total. The van der Waals surface area contributed by atoms with Crippen LogP contribution >= 0.6 is 11.8 Å². The summed E-state index contributed by atoms with van der Waals surface area (Å²) in [4.78, 5) is 20.6. The van der Waals surface area contributed by atoms with Crippen LogP contribution < -0.4 is 0 Å². The molecule has 0 aliphatic carbocycles. The van der Waals surface area contributed by atoms with Crippen molar-refractivity contribution in [3.63, 3.8) is 0 Å². The number of carbonyl (C=O) groups excluding carboxylic acids is 1. The van der Waals surface area contributed by atoms with Crippen molar-refractivity contribution in [2.24, 2.45) is 0 Å². The molecule has 2 heterocycles. The van der Waals surface area contributed by atoms with Crippen LogP contribution in [0, 0.1) is 6.92 Å². The van der Waals surface area contributed by atoms with Crippen LogP contribution in [0.4, 0.5) is 0 Å². The zero-order valence-corrected chi connectivity index (χ0v) is 16.3. The van der Waals surface area contributed by atoms with Crippen LogP contribution in [-0.2, 0) is 9.53 Å². The van der Waals surface area contributed by atoms with E-state index in [1.807, 2.05) is 36.4 Å². The number of esters is 1. The molecular formula is C21H18N4O2S. The Morgan fingerprint density at radius 2 is 1.79 bits per heavy atom. The van der Waals surface area contributed by atoms with Crippen molar-refractivity contribution < 1.29 is 9.53 Å². The molecule has 0 bridgehead atoms. The van der Waals surface area contributed by atoms with Gasteiger partial charge in [0, 0.05) is 11.1 Å². The summed E-state index contributed by atoms with van der Waals surface area (Å²) in [6.45, 7) is 2.05. The number of nitrogens with zero attached hydrogens (tertiary/aromatic N) is 4. The van der Waals surface area contributed by atoms with E-state index in [-0.39, 0.29) is 11.7 Å². The van der Waals surface area contributed by atoms with Crippen LogP contribution in [-0.4, -0.2) is 38.4 Å². The van der Waals surface area contributed by atoms with Gasteiger partial charge in [0.05, 0.1) is 24.3 Å². The number of aromatic nitrogens is 4. The summed E-state index contributed by atoms with van der Waals surface area (Å²) in [6.07, 6.45) is 0. The van der Waals surface area contributed by atoms with Gasteiger partial charge in [0.15, 0.2) is 0 Å². The van der Waals surface area contributed by atoms with Crippen molar-refractivity contribution in [3.8, 4) is 22.5 Å². The van der Waals surface area contributed by atoms with E-state index in [0.29, 0.717) is 10.9 Å². The Morgan fingerprint density at radius 3 is 2.50 bits per heavy atom. The molecule has 0 amide bonds. The zero-order chi connectivity index (χ0) is 19.5. The van der Waals surface area contributed by atoms with Gasteiger partial charge in [-0.3, -0.25) is 4.79 Å². The fourth-order valence-corrected chi connectivity index (χ4v) is 3.43. The molecule has 0 aliphatic rings. The number of carbonyl (C=O) groups is 1. The van der Waals surface area contributed by atoms with E-state index in [1.165, 1.54) is 24.4 Å². The fourth-order valence-electron chi connectivity index (χ4n) is 2.78. The molecule has 0 N–H and O–H groups in total. The third-order valence-electron chi connectivity index (χ3n) is 4.26. The minimum atomic E-state index is -0.319. The van der Waals surface area contributed by atoms with Crippen LogP contribution in [0.2, 0.25) is 0 Å². The van der Waals surface area contributed by atoms with Crippen LogP contribution in [0.25, 0.3) is 28.3 Å². The largest absolute Gasteiger partial charge is 0.468 e. The van der Waals surface area contributed by atoms with Crippen molar-refractivity contribution >= 4 is 23.5 Å². The maximum absolute atomic E-state index is 11.4. The molecule has 0 unspecified atom stereocenters. The summed E-state index contributed by atoms with van der Waals surface area (Å²) in [7, 11) is 1.36. The molecule has 0 aliphatic heterocycles. The lowest BCUT2D eigenvalue weighted by Gasteiger charge is -2.08. The lowest BCUT2D eigenvalue weighted by molar-refractivity contribution is -0.137. The number of hydrogen-bond donors (Lipinski definition) is 0. The van der Waals surface area contributed by atoms with Gasteiger partial charge in [0.25, 0.3) is 5.78 Å². The Balaban J connectivity index is 1.84. The molecule has 0 spiro atoms. The number of methoxy groups -OCH3 is 1. The quantitative estimate of drug-likeness (QED) is 0.378. The van der Waals surface area contributed by atoms with Crippen LogP contribution in [0.3, 0.4) is 0 Å². The third-order valence-corrected chi connectivity index (χ3v) is 5.07. The maximum Gasteiger partial charge on any atom is 0.316 e. The van der Waals surface area contributed by atoms with Gasteiger partial charge in [-0.1, -0.05) is 71.9 Å². The minimum Gasteiger partial charge on any atom is -0.468 e. The van der Waals surface area contributed by atoms with Crippen LogP contribution in [0.15, 0.2) is 65.8 Å². The summed E-state index contributed by atoms with van der Waals surface area (Å²) in [5.74, 6) is 0.323. The number of fused-ring (bicyclic) bond motifs is 1. The van der Waals surface area contributed by atoms with Gasteiger partial charge in [-0.25, -0.2) is 4.98 Å². The first-order valence-electron chi connectivity index (χ1n) is 8.74. The molecule has 7 heteroatoms. The Bertz CT molecular complexity index is 1120. The van der Waals surface area contributed by atoms with Gasteiger partial charge in [0.1, 0.15) is 0 Å². The van der Waals surface area contributed by atoms with E-state index < -0.39 is 0 Å². The van der Waals surface area contributed by atoms with Gasteiger partial charge < -0.3 is 4.74 Å². The summed E-state index contributed by atoms with van der Waals surface area (Å²) >= 11 is 1.23. The van der Waals surface area contributed by atoms with Gasteiger partial charge in [0.2, 0.25) is 5.16 Å². The highest BCUT2D eigenvalue weighted by atomic mass is 32.2. The van der Waals surface area contributed by atoms with E-state index in [0.717, 1.165) is 22.5 Å². The number of hydrogen-bond acceptors (Lipinski definition) is 6. The number of benzene rings is 2. The summed E-state index contributed by atoms with van der Waals surface area (Å²) < 4.78 is 6.41. The molecule has 2 aromatic carbocycles. The third kappa shape index (κ3) is 3.75. The summed E-state index contributed by atoms with van der Waals surface area (Å²) in [5, 5.41) is 5.03. The van der Waals surface area contributed by atoms with Gasteiger partial charge in [-0.2, -0.15) is 9.50 Å². The van der Waals surface area contributed by atoms with Crippen molar-refractivity contribution in [3.05, 3.63) is 66.2 Å². The Morgan fingerprint density at radius 1 is 1.04 bits per heavy atom. The first-order valence-corrected chi connectivity index (χ1v) is 9.72. The van der Waals surface area contributed by atoms with Crippen molar-refractivity contribution in [2.45, 2.75) is 12.1 Å². The second kappa shape index (κ2) is 7.82. The molecule has 140 valence electrons. The van der Waals surface area contributed by atoms with Gasteiger partial charge in [-0.15, -0.1) is 5.10 Å². The molecule has 2 aromatic heterocycles. The lowest BCUT2D eigenvalue weighted by Crippen LogP contribution is -2.03. The number of aryl methyl sites for hydroxylation is 1. The molecule has 0 fully saturated rings. The number of ether oxygens (including phenoxy) is 1. The van der Waals surface area contributed by atoms with Crippen molar-refractivity contribution in [1.29, 1.82) is 0 Å². The first-order chi connectivity index (χ1) is 13.6.